The largest absolute Gasteiger partial charge is 0.504 e. The third-order valence-corrected chi connectivity index (χ3v) is 2.67. The molecule has 1 aliphatic rings. The third-order valence-electron chi connectivity index (χ3n) is 2.67. The third kappa shape index (κ3) is 2.31. The summed E-state index contributed by atoms with van der Waals surface area (Å²) in [7, 11) is 0. The second-order valence-electron chi connectivity index (χ2n) is 3.88. The molecule has 0 spiro atoms. The maximum Gasteiger partial charge on any atom is 0.165 e. The number of aliphatic hydroxyl groups is 2. The summed E-state index contributed by atoms with van der Waals surface area (Å²) in [6.07, 6.45) is 6.25. The molecule has 0 saturated heterocycles. The van der Waals surface area contributed by atoms with Crippen LogP contribution in [0.15, 0.2) is 72.0 Å². The fourth-order valence-corrected chi connectivity index (χ4v) is 1.71. The molecule has 0 unspecified atom stereocenters. The van der Waals surface area contributed by atoms with Gasteiger partial charge in [0.15, 0.2) is 11.5 Å². The predicted molar refractivity (Wildman–Crippen MR) is 69.6 cm³/mol. The van der Waals surface area contributed by atoms with Crippen LogP contribution in [0.3, 0.4) is 0 Å². The number of benzene rings is 1. The molecule has 1 aromatic carbocycles. The molecule has 0 radical (unpaired) electrons. The van der Waals surface area contributed by atoms with Crippen LogP contribution in [0.1, 0.15) is 12.0 Å². The van der Waals surface area contributed by atoms with E-state index in [1.54, 1.807) is 18.2 Å². The lowest BCUT2D eigenvalue weighted by molar-refractivity contribution is 0.392. The number of hydrogen-bond acceptors (Lipinski definition) is 2. The predicted octanol–water partition coefficient (Wildman–Crippen LogP) is 3.91. The van der Waals surface area contributed by atoms with Crippen molar-refractivity contribution >= 4 is 5.76 Å². The Kier molecular flexibility index (Phi) is 3.15. The maximum atomic E-state index is 10.0. The molecule has 0 amide bonds. The van der Waals surface area contributed by atoms with E-state index in [1.165, 1.54) is 0 Å². The molecular formula is C15H14O2. The van der Waals surface area contributed by atoms with E-state index in [2.05, 4.69) is 6.58 Å². The van der Waals surface area contributed by atoms with E-state index in [-0.39, 0.29) is 11.5 Å². The summed E-state index contributed by atoms with van der Waals surface area (Å²) in [5.74, 6) is -0.237. The Morgan fingerprint density at radius 2 is 1.76 bits per heavy atom. The van der Waals surface area contributed by atoms with Gasteiger partial charge in [0.05, 0.1) is 0 Å². The lowest BCUT2D eigenvalue weighted by Crippen LogP contribution is -1.99. The van der Waals surface area contributed by atoms with E-state index < -0.39 is 0 Å². The highest BCUT2D eigenvalue weighted by Gasteiger charge is 2.14. The van der Waals surface area contributed by atoms with Gasteiger partial charge in [-0.1, -0.05) is 55.1 Å². The van der Waals surface area contributed by atoms with Crippen molar-refractivity contribution < 1.29 is 10.2 Å². The number of allylic oxidation sites excluding steroid dienone is 4. The first-order valence-electron chi connectivity index (χ1n) is 5.43. The van der Waals surface area contributed by atoms with Crippen LogP contribution in [-0.4, -0.2) is 10.2 Å². The summed E-state index contributed by atoms with van der Waals surface area (Å²) in [6.45, 7) is 3.87. The van der Waals surface area contributed by atoms with Gasteiger partial charge >= 0.3 is 0 Å². The second kappa shape index (κ2) is 4.74. The van der Waals surface area contributed by atoms with E-state index in [4.69, 9.17) is 0 Å². The Bertz CT molecular complexity index is 519. The summed E-state index contributed by atoms with van der Waals surface area (Å²) in [4.78, 5) is 0. The number of rotatable bonds is 2. The highest BCUT2D eigenvalue weighted by atomic mass is 16.3. The van der Waals surface area contributed by atoms with Crippen LogP contribution in [0, 0.1) is 0 Å². The quantitative estimate of drug-likeness (QED) is 0.750. The van der Waals surface area contributed by atoms with Gasteiger partial charge in [0, 0.05) is 11.1 Å². The van der Waals surface area contributed by atoms with Crippen molar-refractivity contribution in [2.75, 3.05) is 0 Å². The van der Waals surface area contributed by atoms with Gasteiger partial charge in [-0.25, -0.2) is 0 Å². The minimum absolute atomic E-state index is 0.117. The highest BCUT2D eigenvalue weighted by molar-refractivity contribution is 5.67. The SMILES string of the molecule is C=C1CC=CC=C1/C(O)=C(/O)c1ccccc1. The summed E-state index contributed by atoms with van der Waals surface area (Å²) >= 11 is 0. The summed E-state index contributed by atoms with van der Waals surface area (Å²) in [6, 6.07) is 8.96. The van der Waals surface area contributed by atoms with Crippen molar-refractivity contribution in [1.82, 2.24) is 0 Å². The molecule has 0 aliphatic heterocycles. The Morgan fingerprint density at radius 3 is 2.41 bits per heavy atom. The van der Waals surface area contributed by atoms with E-state index in [1.807, 2.05) is 30.4 Å². The first-order chi connectivity index (χ1) is 8.20. The van der Waals surface area contributed by atoms with Gasteiger partial charge in [-0.05, 0) is 12.0 Å². The minimum atomic E-state index is -0.120. The van der Waals surface area contributed by atoms with Crippen LogP contribution in [0.2, 0.25) is 0 Å². The first kappa shape index (κ1) is 11.3. The summed E-state index contributed by atoms with van der Waals surface area (Å²) in [5, 5.41) is 20.0. The lowest BCUT2D eigenvalue weighted by atomic mass is 9.96. The molecule has 0 heterocycles. The van der Waals surface area contributed by atoms with Crippen LogP contribution in [0.5, 0.6) is 0 Å². The molecule has 1 aliphatic carbocycles. The van der Waals surface area contributed by atoms with E-state index in [9.17, 15) is 10.2 Å². The number of aliphatic hydroxyl groups excluding tert-OH is 2. The zero-order chi connectivity index (χ0) is 12.3. The Hall–Kier alpha value is -2.22. The smallest absolute Gasteiger partial charge is 0.165 e. The molecule has 0 fully saturated rings. The van der Waals surface area contributed by atoms with Crippen LogP contribution < -0.4 is 0 Å². The van der Waals surface area contributed by atoms with Gasteiger partial charge in [0.2, 0.25) is 0 Å². The maximum absolute atomic E-state index is 10.0. The molecule has 1 aromatic rings. The van der Waals surface area contributed by atoms with E-state index in [0.29, 0.717) is 17.6 Å². The van der Waals surface area contributed by atoms with Gasteiger partial charge in [-0.2, -0.15) is 0 Å². The zero-order valence-electron chi connectivity index (χ0n) is 9.43. The van der Waals surface area contributed by atoms with E-state index in [0.717, 1.165) is 5.57 Å². The molecule has 0 aromatic heterocycles. The van der Waals surface area contributed by atoms with Crippen molar-refractivity contribution in [3.05, 3.63) is 77.6 Å². The fraction of sp³-hybridized carbons (Fsp3) is 0.0667. The number of hydrogen-bond donors (Lipinski definition) is 2. The molecule has 2 nitrogen and oxygen atoms in total. The minimum Gasteiger partial charge on any atom is -0.504 e. The molecule has 0 atom stereocenters. The molecule has 0 saturated carbocycles. The topological polar surface area (TPSA) is 40.5 Å². The normalized spacial score (nSPS) is 16.5. The highest BCUT2D eigenvalue weighted by Crippen LogP contribution is 2.27. The van der Waals surface area contributed by atoms with Crippen molar-refractivity contribution in [2.24, 2.45) is 0 Å². The Morgan fingerprint density at radius 1 is 1.06 bits per heavy atom. The van der Waals surface area contributed by atoms with Crippen molar-refractivity contribution in [3.63, 3.8) is 0 Å². The Labute approximate surface area is 101 Å². The summed E-state index contributed by atoms with van der Waals surface area (Å²) in [5.41, 5.74) is 1.98. The van der Waals surface area contributed by atoms with Crippen LogP contribution in [0.4, 0.5) is 0 Å². The van der Waals surface area contributed by atoms with Gasteiger partial charge in [-0.3, -0.25) is 0 Å². The Balaban J connectivity index is 2.42. The van der Waals surface area contributed by atoms with Crippen LogP contribution in [-0.2, 0) is 0 Å². The van der Waals surface area contributed by atoms with Crippen molar-refractivity contribution in [2.45, 2.75) is 6.42 Å². The molecular weight excluding hydrogens is 212 g/mol. The molecule has 2 heteroatoms. The average molecular weight is 226 g/mol. The summed E-state index contributed by atoms with van der Waals surface area (Å²) < 4.78 is 0. The molecule has 17 heavy (non-hydrogen) atoms. The molecule has 2 N–H and O–H groups in total. The molecule has 2 rings (SSSR count). The monoisotopic (exact) mass is 226 g/mol. The van der Waals surface area contributed by atoms with Gasteiger partial charge in [-0.15, -0.1) is 0 Å². The fourth-order valence-electron chi connectivity index (χ4n) is 1.71. The van der Waals surface area contributed by atoms with Crippen molar-refractivity contribution in [3.8, 4) is 0 Å². The zero-order valence-corrected chi connectivity index (χ0v) is 9.43. The van der Waals surface area contributed by atoms with E-state index >= 15 is 0 Å². The van der Waals surface area contributed by atoms with Gasteiger partial charge in [0.1, 0.15) is 0 Å². The average Bonchev–Trinajstić information content (AvgIpc) is 2.39. The van der Waals surface area contributed by atoms with Crippen LogP contribution >= 0.6 is 0 Å². The van der Waals surface area contributed by atoms with Crippen molar-refractivity contribution in [1.29, 1.82) is 0 Å². The van der Waals surface area contributed by atoms with Gasteiger partial charge < -0.3 is 10.2 Å². The van der Waals surface area contributed by atoms with Crippen LogP contribution in [0.25, 0.3) is 5.76 Å². The lowest BCUT2D eigenvalue weighted by Gasteiger charge is -2.13. The molecule has 86 valence electrons. The second-order valence-corrected chi connectivity index (χ2v) is 3.88. The standard InChI is InChI=1S/C15H14O2/c1-11-7-5-6-10-13(11)15(17)14(16)12-8-3-2-4-9-12/h2-6,8-10,16-17H,1,7H2/b15-14-. The molecule has 0 bridgehead atoms. The van der Waals surface area contributed by atoms with Gasteiger partial charge in [0.25, 0.3) is 0 Å². The first-order valence-corrected chi connectivity index (χ1v) is 5.43.